The highest BCUT2D eigenvalue weighted by Crippen LogP contribution is 2.17. The number of anilines is 1. The normalized spacial score (nSPS) is 11.4. The van der Waals surface area contributed by atoms with E-state index in [-0.39, 0.29) is 0 Å². The van der Waals surface area contributed by atoms with Crippen LogP contribution in [0.2, 0.25) is 0 Å². The molecule has 0 amide bonds. The molecule has 2 heterocycles. The molecule has 92 valence electrons. The molecule has 0 aliphatic heterocycles. The van der Waals surface area contributed by atoms with Gasteiger partial charge in [0.1, 0.15) is 11.6 Å². The minimum absolute atomic E-state index is 0.889. The molecular weight excluding hydrogens is 214 g/mol. The maximum atomic E-state index is 4.13. The van der Waals surface area contributed by atoms with Crippen molar-refractivity contribution in [1.82, 2.24) is 19.5 Å². The van der Waals surface area contributed by atoms with Gasteiger partial charge in [-0.1, -0.05) is 6.07 Å². The topological polar surface area (TPSA) is 45.5 Å². The molecule has 5 nitrogen and oxygen atoms in total. The maximum absolute atomic E-state index is 4.13. The van der Waals surface area contributed by atoms with Crippen LogP contribution in [0.5, 0.6) is 0 Å². The van der Waals surface area contributed by atoms with Gasteiger partial charge in [0, 0.05) is 13.1 Å². The lowest BCUT2D eigenvalue weighted by molar-refractivity contribution is 0.425. The zero-order chi connectivity index (χ0) is 12.4. The van der Waals surface area contributed by atoms with E-state index in [9.17, 15) is 0 Å². The first-order valence-electron chi connectivity index (χ1n) is 5.79. The zero-order valence-corrected chi connectivity index (χ0v) is 10.9. The fourth-order valence-electron chi connectivity index (χ4n) is 1.83. The van der Waals surface area contributed by atoms with Crippen LogP contribution in [0.15, 0.2) is 12.1 Å². The van der Waals surface area contributed by atoms with Crippen molar-refractivity contribution in [3.8, 4) is 0 Å². The first-order valence-corrected chi connectivity index (χ1v) is 5.79. The lowest BCUT2D eigenvalue weighted by atomic mass is 10.2. The highest BCUT2D eigenvalue weighted by atomic mass is 15.3. The van der Waals surface area contributed by atoms with E-state index in [0.29, 0.717) is 0 Å². The van der Waals surface area contributed by atoms with E-state index in [1.807, 2.05) is 13.0 Å². The van der Waals surface area contributed by atoms with Crippen molar-refractivity contribution in [3.05, 3.63) is 23.5 Å². The summed E-state index contributed by atoms with van der Waals surface area (Å²) in [6.45, 7) is 5.97. The number of aryl methyl sites for hydroxylation is 2. The second-order valence-corrected chi connectivity index (χ2v) is 4.54. The summed E-state index contributed by atoms with van der Waals surface area (Å²) in [5.74, 6) is 2.00. The van der Waals surface area contributed by atoms with Gasteiger partial charge in [-0.05, 0) is 39.6 Å². The molecule has 1 N–H and O–H groups in total. The van der Waals surface area contributed by atoms with E-state index in [2.05, 4.69) is 51.9 Å². The Labute approximate surface area is 101 Å². The van der Waals surface area contributed by atoms with Gasteiger partial charge in [0.2, 0.25) is 0 Å². The summed E-state index contributed by atoms with van der Waals surface area (Å²) in [6.07, 6.45) is 0. The number of nitrogens with zero attached hydrogens (tertiary/aromatic N) is 4. The molecule has 0 saturated heterocycles. The molecule has 0 unspecified atom stereocenters. The summed E-state index contributed by atoms with van der Waals surface area (Å²) >= 11 is 0. The average Bonchev–Trinajstić information content (AvgIpc) is 2.63. The Hall–Kier alpha value is -1.62. The number of hydrogen-bond acceptors (Lipinski definition) is 4. The Balaban J connectivity index is 2.30. The second kappa shape index (κ2) is 4.71. The molecule has 0 aromatic carbocycles. The van der Waals surface area contributed by atoms with Gasteiger partial charge in [-0.15, -0.1) is 10.2 Å². The minimum Gasteiger partial charge on any atom is -0.370 e. The van der Waals surface area contributed by atoms with Crippen LogP contribution >= 0.6 is 0 Å². The van der Waals surface area contributed by atoms with Crippen molar-refractivity contribution in [2.45, 2.75) is 13.8 Å². The number of aromatic nitrogens is 3. The monoisotopic (exact) mass is 233 g/mol. The van der Waals surface area contributed by atoms with Crippen molar-refractivity contribution >= 4 is 11.5 Å². The third-order valence-corrected chi connectivity index (χ3v) is 2.78. The summed E-state index contributed by atoms with van der Waals surface area (Å²) in [5.41, 5.74) is 2.10. The van der Waals surface area contributed by atoms with Crippen LogP contribution in [-0.4, -0.2) is 46.7 Å². The van der Waals surface area contributed by atoms with Crippen molar-refractivity contribution in [2.75, 3.05) is 32.5 Å². The Bertz CT molecular complexity index is 515. The van der Waals surface area contributed by atoms with E-state index in [4.69, 9.17) is 0 Å². The smallest absolute Gasteiger partial charge is 0.162 e. The molecule has 5 heteroatoms. The van der Waals surface area contributed by atoms with Gasteiger partial charge in [0.05, 0.1) is 0 Å². The van der Waals surface area contributed by atoms with Gasteiger partial charge < -0.3 is 10.2 Å². The van der Waals surface area contributed by atoms with Crippen LogP contribution in [0.1, 0.15) is 11.4 Å². The predicted molar refractivity (Wildman–Crippen MR) is 69.5 cm³/mol. The average molecular weight is 233 g/mol. The van der Waals surface area contributed by atoms with Crippen molar-refractivity contribution in [2.24, 2.45) is 0 Å². The van der Waals surface area contributed by atoms with E-state index < -0.39 is 0 Å². The fourth-order valence-corrected chi connectivity index (χ4v) is 1.83. The SMILES string of the molecule is Cc1ccc2nnc(C)n2c1NCCN(C)C. The van der Waals surface area contributed by atoms with Crippen LogP contribution in [0.3, 0.4) is 0 Å². The Kier molecular flexibility index (Phi) is 3.28. The van der Waals surface area contributed by atoms with Crippen LogP contribution in [0.25, 0.3) is 5.65 Å². The van der Waals surface area contributed by atoms with E-state index >= 15 is 0 Å². The quantitative estimate of drug-likeness (QED) is 0.865. The summed E-state index contributed by atoms with van der Waals surface area (Å²) < 4.78 is 2.06. The van der Waals surface area contributed by atoms with Gasteiger partial charge in [0.15, 0.2) is 5.65 Å². The maximum Gasteiger partial charge on any atom is 0.162 e. The lowest BCUT2D eigenvalue weighted by Crippen LogP contribution is -2.22. The van der Waals surface area contributed by atoms with E-state index in [0.717, 1.165) is 30.4 Å². The molecule has 0 saturated carbocycles. The summed E-state index contributed by atoms with van der Waals surface area (Å²) in [4.78, 5) is 2.15. The Morgan fingerprint density at radius 3 is 2.71 bits per heavy atom. The van der Waals surface area contributed by atoms with Crippen LogP contribution in [0, 0.1) is 13.8 Å². The summed E-state index contributed by atoms with van der Waals surface area (Å²) in [6, 6.07) is 4.06. The first kappa shape index (κ1) is 11.9. The van der Waals surface area contributed by atoms with Gasteiger partial charge in [0.25, 0.3) is 0 Å². The zero-order valence-electron chi connectivity index (χ0n) is 10.9. The summed E-state index contributed by atoms with van der Waals surface area (Å²) in [5, 5.41) is 11.7. The van der Waals surface area contributed by atoms with Crippen molar-refractivity contribution in [1.29, 1.82) is 0 Å². The van der Waals surface area contributed by atoms with Crippen LogP contribution in [-0.2, 0) is 0 Å². The molecule has 2 aromatic rings. The largest absolute Gasteiger partial charge is 0.370 e. The first-order chi connectivity index (χ1) is 8.09. The highest BCUT2D eigenvalue weighted by Gasteiger charge is 2.08. The molecule has 2 aromatic heterocycles. The van der Waals surface area contributed by atoms with Crippen LogP contribution in [0.4, 0.5) is 5.82 Å². The number of nitrogens with one attached hydrogen (secondary N) is 1. The van der Waals surface area contributed by atoms with Crippen molar-refractivity contribution < 1.29 is 0 Å². The van der Waals surface area contributed by atoms with Gasteiger partial charge in [-0.3, -0.25) is 4.40 Å². The molecule has 0 radical (unpaired) electrons. The standard InChI is InChI=1S/C12H19N5/c1-9-5-6-11-15-14-10(2)17(11)12(9)13-7-8-16(3)4/h5-6,13H,7-8H2,1-4H3. The Morgan fingerprint density at radius 2 is 2.00 bits per heavy atom. The molecule has 0 aliphatic rings. The van der Waals surface area contributed by atoms with E-state index in [1.165, 1.54) is 5.56 Å². The van der Waals surface area contributed by atoms with Gasteiger partial charge in [-0.2, -0.15) is 0 Å². The van der Waals surface area contributed by atoms with E-state index in [1.54, 1.807) is 0 Å². The highest BCUT2D eigenvalue weighted by molar-refractivity contribution is 5.55. The van der Waals surface area contributed by atoms with Crippen LogP contribution < -0.4 is 5.32 Å². The van der Waals surface area contributed by atoms with Gasteiger partial charge >= 0.3 is 0 Å². The number of pyridine rings is 1. The lowest BCUT2D eigenvalue weighted by Gasteiger charge is -2.14. The number of likely N-dealkylation sites (N-methyl/N-ethyl adjacent to an activating group) is 1. The fraction of sp³-hybridized carbons (Fsp3) is 0.500. The van der Waals surface area contributed by atoms with Crippen molar-refractivity contribution in [3.63, 3.8) is 0 Å². The minimum atomic E-state index is 0.889. The Morgan fingerprint density at radius 1 is 1.24 bits per heavy atom. The molecule has 0 fully saturated rings. The summed E-state index contributed by atoms with van der Waals surface area (Å²) in [7, 11) is 4.14. The van der Waals surface area contributed by atoms with Gasteiger partial charge in [-0.25, -0.2) is 0 Å². The molecule has 0 spiro atoms. The molecule has 0 aliphatic carbocycles. The number of rotatable bonds is 4. The molecule has 0 atom stereocenters. The number of hydrogen-bond donors (Lipinski definition) is 1. The molecule has 17 heavy (non-hydrogen) atoms. The third kappa shape index (κ3) is 2.39. The molecule has 2 rings (SSSR count). The third-order valence-electron chi connectivity index (χ3n) is 2.78. The molecule has 0 bridgehead atoms. The predicted octanol–water partition coefficient (Wildman–Crippen LogP) is 1.32. The molecular formula is C12H19N5. The second-order valence-electron chi connectivity index (χ2n) is 4.54. The number of fused-ring (bicyclic) bond motifs is 1.